The van der Waals surface area contributed by atoms with Crippen molar-refractivity contribution in [3.63, 3.8) is 0 Å². The van der Waals surface area contributed by atoms with E-state index in [9.17, 15) is 17.6 Å². The lowest BCUT2D eigenvalue weighted by molar-refractivity contribution is -0.132. The molecule has 2 rings (SSSR count). The summed E-state index contributed by atoms with van der Waals surface area (Å²) in [7, 11) is -3.81. The highest BCUT2D eigenvalue weighted by Gasteiger charge is 2.30. The molecule has 0 unspecified atom stereocenters. The molecule has 0 aliphatic carbocycles. The summed E-state index contributed by atoms with van der Waals surface area (Å²) in [5, 5.41) is 0.162. The third kappa shape index (κ3) is 4.60. The Morgan fingerprint density at radius 1 is 1.33 bits per heavy atom. The zero-order valence-electron chi connectivity index (χ0n) is 14.0. The Balaban J connectivity index is 2.25. The van der Waals surface area contributed by atoms with Crippen LogP contribution in [0.2, 0.25) is 5.02 Å². The molecule has 2 atom stereocenters. The molecule has 1 saturated heterocycles. The number of sulfonamides is 1. The first-order valence-corrected chi connectivity index (χ1v) is 10.0. The number of benzene rings is 1. The number of rotatable bonds is 4. The number of carbonyl (C=O) groups is 1. The zero-order chi connectivity index (χ0) is 18.1. The quantitative estimate of drug-likeness (QED) is 0.811. The van der Waals surface area contributed by atoms with Crippen molar-refractivity contribution in [2.75, 3.05) is 30.2 Å². The molecule has 1 aliphatic heterocycles. The third-order valence-corrected chi connectivity index (χ3v) is 5.44. The van der Waals surface area contributed by atoms with Gasteiger partial charge in [-0.3, -0.25) is 9.10 Å². The van der Waals surface area contributed by atoms with E-state index in [0.717, 1.165) is 23.0 Å². The van der Waals surface area contributed by atoms with Crippen molar-refractivity contribution in [1.82, 2.24) is 4.90 Å². The normalized spacial score (nSPS) is 21.6. The van der Waals surface area contributed by atoms with E-state index in [1.807, 2.05) is 0 Å². The fourth-order valence-electron chi connectivity index (χ4n) is 3.15. The molecule has 0 bridgehead atoms. The Kier molecular flexibility index (Phi) is 5.75. The van der Waals surface area contributed by atoms with Crippen LogP contribution in [0, 0.1) is 17.7 Å². The van der Waals surface area contributed by atoms with Crippen molar-refractivity contribution in [3.8, 4) is 0 Å². The minimum Gasteiger partial charge on any atom is -0.341 e. The molecule has 1 aliphatic rings. The van der Waals surface area contributed by atoms with Crippen LogP contribution in [0.3, 0.4) is 0 Å². The smallest absolute Gasteiger partial charge is 0.243 e. The lowest BCUT2D eigenvalue weighted by atomic mass is 9.92. The van der Waals surface area contributed by atoms with Crippen LogP contribution in [0.5, 0.6) is 0 Å². The maximum absolute atomic E-state index is 14.1. The number of carbonyl (C=O) groups excluding carboxylic acids is 1. The van der Waals surface area contributed by atoms with Crippen LogP contribution in [-0.2, 0) is 14.8 Å². The fraction of sp³-hybridized carbons (Fsp3) is 0.562. The molecule has 0 spiro atoms. The van der Waals surface area contributed by atoms with E-state index < -0.39 is 22.4 Å². The predicted molar refractivity (Wildman–Crippen MR) is 93.1 cm³/mol. The van der Waals surface area contributed by atoms with Crippen molar-refractivity contribution in [3.05, 3.63) is 29.0 Å². The van der Waals surface area contributed by atoms with Crippen LogP contribution in [0.1, 0.15) is 20.3 Å². The number of nitrogens with zero attached hydrogens (tertiary/aromatic N) is 2. The first-order chi connectivity index (χ1) is 11.1. The Labute approximate surface area is 147 Å². The van der Waals surface area contributed by atoms with Gasteiger partial charge in [-0.05, 0) is 36.5 Å². The molecular weight excluding hydrogens is 355 g/mol. The Hall–Kier alpha value is -1.34. The average molecular weight is 377 g/mol. The molecule has 24 heavy (non-hydrogen) atoms. The molecule has 1 amide bonds. The number of halogens is 2. The van der Waals surface area contributed by atoms with Gasteiger partial charge >= 0.3 is 0 Å². The monoisotopic (exact) mass is 376 g/mol. The van der Waals surface area contributed by atoms with Gasteiger partial charge in [0.2, 0.25) is 15.9 Å². The number of amides is 1. The number of likely N-dealkylation sites (tertiary alicyclic amines) is 1. The summed E-state index contributed by atoms with van der Waals surface area (Å²) in [4.78, 5) is 14.2. The number of hydrogen-bond donors (Lipinski definition) is 0. The van der Waals surface area contributed by atoms with E-state index in [1.165, 1.54) is 12.1 Å². The van der Waals surface area contributed by atoms with Crippen molar-refractivity contribution in [2.24, 2.45) is 11.8 Å². The minimum atomic E-state index is -3.81. The summed E-state index contributed by atoms with van der Waals surface area (Å²) in [6.45, 7) is 4.87. The van der Waals surface area contributed by atoms with E-state index in [4.69, 9.17) is 11.6 Å². The highest BCUT2D eigenvalue weighted by Crippen LogP contribution is 2.26. The maximum atomic E-state index is 14.1. The topological polar surface area (TPSA) is 57.7 Å². The highest BCUT2D eigenvalue weighted by atomic mass is 35.5. The molecule has 0 radical (unpaired) electrons. The number of hydrogen-bond acceptors (Lipinski definition) is 3. The minimum absolute atomic E-state index is 0.162. The van der Waals surface area contributed by atoms with Crippen molar-refractivity contribution < 1.29 is 17.6 Å². The van der Waals surface area contributed by atoms with Gasteiger partial charge in [0.25, 0.3) is 0 Å². The maximum Gasteiger partial charge on any atom is 0.243 e. The lowest BCUT2D eigenvalue weighted by Crippen LogP contribution is -2.48. The summed E-state index contributed by atoms with van der Waals surface area (Å²) >= 11 is 5.71. The van der Waals surface area contributed by atoms with Crippen LogP contribution >= 0.6 is 11.6 Å². The summed E-state index contributed by atoms with van der Waals surface area (Å²) in [5.41, 5.74) is -0.173. The SMILES string of the molecule is C[C@H]1C[C@H](C)CN(C(=O)CN(c2ccc(Cl)cc2F)S(C)(=O)=O)C1. The molecule has 0 N–H and O–H groups in total. The Bertz CT molecular complexity index is 716. The molecule has 134 valence electrons. The van der Waals surface area contributed by atoms with E-state index >= 15 is 0 Å². The molecule has 1 aromatic rings. The molecular formula is C16H22ClFN2O3S. The van der Waals surface area contributed by atoms with Gasteiger partial charge in [-0.15, -0.1) is 0 Å². The fourth-order valence-corrected chi connectivity index (χ4v) is 4.16. The summed E-state index contributed by atoms with van der Waals surface area (Å²) in [6, 6.07) is 3.70. The average Bonchev–Trinajstić information content (AvgIpc) is 2.43. The zero-order valence-corrected chi connectivity index (χ0v) is 15.6. The molecule has 8 heteroatoms. The van der Waals surface area contributed by atoms with Gasteiger partial charge in [0, 0.05) is 18.1 Å². The second-order valence-electron chi connectivity index (χ2n) is 6.61. The number of piperidine rings is 1. The third-order valence-electron chi connectivity index (χ3n) is 4.08. The molecule has 5 nitrogen and oxygen atoms in total. The van der Waals surface area contributed by atoms with Gasteiger partial charge in [-0.25, -0.2) is 12.8 Å². The van der Waals surface area contributed by atoms with Crippen molar-refractivity contribution in [1.29, 1.82) is 0 Å². The van der Waals surface area contributed by atoms with Gasteiger partial charge in [-0.2, -0.15) is 0 Å². The van der Waals surface area contributed by atoms with Gasteiger partial charge < -0.3 is 4.90 Å². The van der Waals surface area contributed by atoms with Crippen LogP contribution in [0.4, 0.5) is 10.1 Å². The van der Waals surface area contributed by atoms with Gasteiger partial charge in [0.05, 0.1) is 11.9 Å². The van der Waals surface area contributed by atoms with Gasteiger partial charge in [0.15, 0.2) is 0 Å². The number of anilines is 1. The van der Waals surface area contributed by atoms with E-state index in [0.29, 0.717) is 24.9 Å². The summed E-state index contributed by atoms with van der Waals surface area (Å²) in [5.74, 6) is -0.386. The summed E-state index contributed by atoms with van der Waals surface area (Å²) < 4.78 is 39.1. The second-order valence-corrected chi connectivity index (χ2v) is 8.95. The predicted octanol–water partition coefficient (Wildman–Crippen LogP) is 2.75. The van der Waals surface area contributed by atoms with E-state index in [-0.39, 0.29) is 16.6 Å². The molecule has 0 saturated carbocycles. The molecule has 1 aromatic carbocycles. The van der Waals surface area contributed by atoms with E-state index in [2.05, 4.69) is 13.8 Å². The molecule has 0 aromatic heterocycles. The first kappa shape index (κ1) is 19.0. The highest BCUT2D eigenvalue weighted by molar-refractivity contribution is 7.92. The van der Waals surface area contributed by atoms with E-state index in [1.54, 1.807) is 4.90 Å². The molecule has 1 heterocycles. The summed E-state index contributed by atoms with van der Waals surface area (Å²) in [6.07, 6.45) is 1.99. The van der Waals surface area contributed by atoms with Crippen LogP contribution in [-0.4, -0.2) is 45.1 Å². The molecule has 1 fully saturated rings. The Morgan fingerprint density at radius 2 is 1.92 bits per heavy atom. The van der Waals surface area contributed by atoms with Gasteiger partial charge in [-0.1, -0.05) is 25.4 Å². The van der Waals surface area contributed by atoms with Crippen molar-refractivity contribution in [2.45, 2.75) is 20.3 Å². The van der Waals surface area contributed by atoms with Crippen LogP contribution < -0.4 is 4.31 Å². The first-order valence-electron chi connectivity index (χ1n) is 7.78. The standard InChI is InChI=1S/C16H22ClFN2O3S/c1-11-6-12(2)9-19(8-11)16(21)10-20(24(3,22)23)15-5-4-13(17)7-14(15)18/h4-5,7,11-12H,6,8-10H2,1-3H3/t11-,12-/m0/s1. The Morgan fingerprint density at radius 3 is 2.42 bits per heavy atom. The van der Waals surface area contributed by atoms with Crippen LogP contribution in [0.25, 0.3) is 0 Å². The van der Waals surface area contributed by atoms with Crippen LogP contribution in [0.15, 0.2) is 18.2 Å². The lowest BCUT2D eigenvalue weighted by Gasteiger charge is -2.36. The van der Waals surface area contributed by atoms with Gasteiger partial charge in [0.1, 0.15) is 12.4 Å². The van der Waals surface area contributed by atoms with Crippen molar-refractivity contribution >= 4 is 33.2 Å². The second kappa shape index (κ2) is 7.27. The largest absolute Gasteiger partial charge is 0.341 e.